The quantitative estimate of drug-likeness (QED) is 0.307. The molecule has 1 atom stereocenters. The van der Waals surface area contributed by atoms with Crippen LogP contribution in [0.4, 0.5) is 0 Å². The monoisotopic (exact) mass is 465 g/mol. The second-order valence-corrected chi connectivity index (χ2v) is 9.48. The van der Waals surface area contributed by atoms with Crippen LogP contribution in [0.1, 0.15) is 16.5 Å². The molecule has 0 aliphatic rings. The smallest absolute Gasteiger partial charge is 0.251 e. The molecule has 7 heteroatoms. The molecule has 0 saturated heterocycles. The maximum atomic E-state index is 12.6. The van der Waals surface area contributed by atoms with Crippen molar-refractivity contribution in [1.82, 2.24) is 14.1 Å². The molecule has 5 aromatic rings. The van der Waals surface area contributed by atoms with Crippen molar-refractivity contribution in [2.24, 2.45) is 7.05 Å². The van der Waals surface area contributed by atoms with Crippen LogP contribution in [0.15, 0.2) is 84.2 Å². The Labute approximate surface area is 192 Å². The van der Waals surface area contributed by atoms with E-state index in [0.717, 1.165) is 36.8 Å². The van der Waals surface area contributed by atoms with Gasteiger partial charge < -0.3 is 9.13 Å². The zero-order valence-corrected chi connectivity index (χ0v) is 18.8. The van der Waals surface area contributed by atoms with E-state index in [1.807, 2.05) is 48.7 Å². The van der Waals surface area contributed by atoms with Gasteiger partial charge in [-0.1, -0.05) is 41.4 Å². The number of hydrogen-bond acceptors (Lipinski definition) is 3. The molecule has 31 heavy (non-hydrogen) atoms. The van der Waals surface area contributed by atoms with E-state index >= 15 is 0 Å². The van der Waals surface area contributed by atoms with Gasteiger partial charge in [0.25, 0.3) is 5.56 Å². The first-order valence-electron chi connectivity index (χ1n) is 9.63. The van der Waals surface area contributed by atoms with Crippen molar-refractivity contribution in [3.8, 4) is 11.1 Å². The molecular weight excluding hydrogens is 449 g/mol. The highest BCUT2D eigenvalue weighted by atomic mass is 35.5. The summed E-state index contributed by atoms with van der Waals surface area (Å²) >= 11 is 14.0. The van der Waals surface area contributed by atoms with Gasteiger partial charge in [0.15, 0.2) is 0 Å². The lowest BCUT2D eigenvalue weighted by molar-refractivity contribution is 0.689. The van der Waals surface area contributed by atoms with Gasteiger partial charge in [-0.15, -0.1) is 11.3 Å². The maximum Gasteiger partial charge on any atom is 0.251 e. The number of pyridine rings is 1. The molecular formula is C24H17Cl2N3OS. The molecule has 0 radical (unpaired) electrons. The summed E-state index contributed by atoms with van der Waals surface area (Å²) < 4.78 is 4.47. The minimum atomic E-state index is -0.0751. The van der Waals surface area contributed by atoms with Crippen molar-refractivity contribution >= 4 is 45.4 Å². The first kappa shape index (κ1) is 20.1. The van der Waals surface area contributed by atoms with Gasteiger partial charge in [0.1, 0.15) is 0 Å². The fraction of sp³-hybridized carbons (Fsp3) is 0.0833. The molecule has 0 spiro atoms. The Bertz CT molecular complexity index is 1450. The van der Waals surface area contributed by atoms with Gasteiger partial charge in [-0.25, -0.2) is 4.98 Å². The summed E-state index contributed by atoms with van der Waals surface area (Å²) in [4.78, 5) is 18.0. The molecule has 0 aliphatic heterocycles. The Kier molecular flexibility index (Phi) is 5.18. The highest BCUT2D eigenvalue weighted by Crippen LogP contribution is 2.37. The van der Waals surface area contributed by atoms with Crippen LogP contribution in [-0.4, -0.2) is 14.1 Å². The normalized spacial score (nSPS) is 12.4. The van der Waals surface area contributed by atoms with Crippen molar-refractivity contribution in [2.45, 2.75) is 6.04 Å². The van der Waals surface area contributed by atoms with Crippen LogP contribution < -0.4 is 5.56 Å². The molecule has 4 nitrogen and oxygen atoms in total. The summed E-state index contributed by atoms with van der Waals surface area (Å²) in [5.41, 5.74) is 3.64. The second kappa shape index (κ2) is 8.00. The molecule has 0 amide bonds. The van der Waals surface area contributed by atoms with Gasteiger partial charge in [-0.3, -0.25) is 4.79 Å². The highest BCUT2D eigenvalue weighted by molar-refractivity contribution is 7.16. The largest absolute Gasteiger partial charge is 0.325 e. The summed E-state index contributed by atoms with van der Waals surface area (Å²) in [7, 11) is 1.79. The Morgan fingerprint density at radius 3 is 2.61 bits per heavy atom. The molecule has 1 unspecified atom stereocenters. The standard InChI is InChI=1S/C24H17Cl2N3OS/c1-28-20-6-5-16(24(29-10-9-27-14-29)21-7-8-22(26)31-21)12-19(20)18(13-23(28)30)15-3-2-4-17(25)11-15/h2-14,24H,1H3. The molecule has 0 saturated carbocycles. The third kappa shape index (κ3) is 3.69. The first-order valence-corrected chi connectivity index (χ1v) is 11.2. The predicted octanol–water partition coefficient (Wildman–Crippen LogP) is 6.41. The van der Waals surface area contributed by atoms with E-state index in [2.05, 4.69) is 21.7 Å². The SMILES string of the molecule is Cn1c(=O)cc(-c2cccc(Cl)c2)c2cc(C(c3ccc(Cl)s3)n3ccnc3)ccc21. The molecule has 3 heterocycles. The maximum absolute atomic E-state index is 12.6. The third-order valence-electron chi connectivity index (χ3n) is 5.41. The fourth-order valence-electron chi connectivity index (χ4n) is 3.92. The van der Waals surface area contributed by atoms with Gasteiger partial charge in [-0.2, -0.15) is 0 Å². The summed E-state index contributed by atoms with van der Waals surface area (Å²) in [6.45, 7) is 0. The number of nitrogens with zero attached hydrogens (tertiary/aromatic N) is 3. The fourth-order valence-corrected chi connectivity index (χ4v) is 5.31. The van der Waals surface area contributed by atoms with Crippen molar-refractivity contribution in [3.05, 3.63) is 110 Å². The number of fused-ring (bicyclic) bond motifs is 1. The zero-order chi connectivity index (χ0) is 21.5. The van der Waals surface area contributed by atoms with E-state index in [1.165, 1.54) is 0 Å². The zero-order valence-electron chi connectivity index (χ0n) is 16.5. The summed E-state index contributed by atoms with van der Waals surface area (Å²) in [6, 6.07) is 19.3. The molecule has 154 valence electrons. The Morgan fingerprint density at radius 1 is 1.03 bits per heavy atom. The third-order valence-corrected chi connectivity index (χ3v) is 6.93. The average Bonchev–Trinajstić information content (AvgIpc) is 3.43. The van der Waals surface area contributed by atoms with Gasteiger partial charge in [0.05, 0.1) is 22.2 Å². The lowest BCUT2D eigenvalue weighted by Gasteiger charge is -2.20. The molecule has 3 aromatic heterocycles. The lowest BCUT2D eigenvalue weighted by atomic mass is 9.96. The summed E-state index contributed by atoms with van der Waals surface area (Å²) in [5, 5.41) is 1.61. The van der Waals surface area contributed by atoms with Crippen molar-refractivity contribution < 1.29 is 0 Å². The second-order valence-electron chi connectivity index (χ2n) is 7.30. The number of rotatable bonds is 4. The molecule has 0 bridgehead atoms. The van der Waals surface area contributed by atoms with E-state index in [-0.39, 0.29) is 11.6 Å². The van der Waals surface area contributed by atoms with Crippen molar-refractivity contribution in [1.29, 1.82) is 0 Å². The average molecular weight is 466 g/mol. The number of imidazole rings is 1. The van der Waals surface area contributed by atoms with E-state index in [4.69, 9.17) is 23.2 Å². The van der Waals surface area contributed by atoms with Crippen LogP contribution in [0.2, 0.25) is 9.36 Å². The van der Waals surface area contributed by atoms with Gasteiger partial charge in [-0.05, 0) is 53.1 Å². The topological polar surface area (TPSA) is 39.8 Å². The van der Waals surface area contributed by atoms with E-state index in [0.29, 0.717) is 5.02 Å². The molecule has 0 fully saturated rings. The van der Waals surface area contributed by atoms with Gasteiger partial charge >= 0.3 is 0 Å². The number of hydrogen-bond donors (Lipinski definition) is 0. The Hall–Kier alpha value is -2.86. The predicted molar refractivity (Wildman–Crippen MR) is 128 cm³/mol. The number of halogens is 2. The minimum absolute atomic E-state index is 0.0635. The van der Waals surface area contributed by atoms with E-state index in [1.54, 1.807) is 41.5 Å². The van der Waals surface area contributed by atoms with Crippen LogP contribution >= 0.6 is 34.5 Å². The molecule has 0 aliphatic carbocycles. The Balaban J connectivity index is 1.78. The number of aromatic nitrogens is 3. The summed E-state index contributed by atoms with van der Waals surface area (Å²) in [5.74, 6) is 0. The highest BCUT2D eigenvalue weighted by Gasteiger charge is 2.20. The number of benzene rings is 2. The van der Waals surface area contributed by atoms with Gasteiger partial charge in [0, 0.05) is 40.8 Å². The minimum Gasteiger partial charge on any atom is -0.325 e. The van der Waals surface area contributed by atoms with E-state index < -0.39 is 0 Å². The number of thiophene rings is 1. The van der Waals surface area contributed by atoms with Crippen molar-refractivity contribution in [2.75, 3.05) is 0 Å². The Morgan fingerprint density at radius 2 is 1.90 bits per heavy atom. The van der Waals surface area contributed by atoms with Crippen LogP contribution in [-0.2, 0) is 7.05 Å². The van der Waals surface area contributed by atoms with Crippen LogP contribution in [0.5, 0.6) is 0 Å². The van der Waals surface area contributed by atoms with E-state index in [9.17, 15) is 4.79 Å². The first-order chi connectivity index (χ1) is 15.0. The molecule has 5 rings (SSSR count). The van der Waals surface area contributed by atoms with Crippen LogP contribution in [0.25, 0.3) is 22.0 Å². The number of aryl methyl sites for hydroxylation is 1. The molecule has 0 N–H and O–H groups in total. The lowest BCUT2D eigenvalue weighted by Crippen LogP contribution is -2.17. The molecule has 2 aromatic carbocycles. The van der Waals surface area contributed by atoms with Crippen LogP contribution in [0, 0.1) is 0 Å². The van der Waals surface area contributed by atoms with Crippen LogP contribution in [0.3, 0.4) is 0 Å². The summed E-state index contributed by atoms with van der Waals surface area (Å²) in [6.07, 6.45) is 5.52. The van der Waals surface area contributed by atoms with Crippen molar-refractivity contribution in [3.63, 3.8) is 0 Å². The van der Waals surface area contributed by atoms with Gasteiger partial charge in [0.2, 0.25) is 0 Å².